The van der Waals surface area contributed by atoms with Crippen molar-refractivity contribution >= 4 is 31.0 Å². The molecule has 1 aromatic rings. The number of hydrogen-bond acceptors (Lipinski definition) is 5. The van der Waals surface area contributed by atoms with E-state index < -0.39 is 0 Å². The normalized spacial score (nSPS) is 12.2. The third-order valence-electron chi connectivity index (χ3n) is 2.57. The van der Waals surface area contributed by atoms with E-state index in [9.17, 15) is 9.90 Å². The second-order valence-corrected chi connectivity index (χ2v) is 5.27. The number of ether oxygens (including phenoxy) is 1. The molecule has 1 atom stereocenters. The van der Waals surface area contributed by atoms with Gasteiger partial charge in [0.05, 0.1) is 7.11 Å². The minimum Gasteiger partial charge on any atom is -0.504 e. The molecule has 1 rings (SSSR count). The third-order valence-corrected chi connectivity index (χ3v) is 3.27. The van der Waals surface area contributed by atoms with Crippen LogP contribution < -0.4 is 4.74 Å². The molecular weight excluding hydrogens is 268 g/mol. The van der Waals surface area contributed by atoms with E-state index in [0.717, 1.165) is 17.7 Å². The van der Waals surface area contributed by atoms with Crippen LogP contribution in [0.4, 0.5) is 0 Å². The smallest absolute Gasteiger partial charge is 0.160 e. The van der Waals surface area contributed by atoms with Crippen molar-refractivity contribution in [1.29, 1.82) is 0 Å². The first-order chi connectivity index (χ1) is 8.56. The summed E-state index contributed by atoms with van der Waals surface area (Å²) in [5, 5.41) is 9.52. The van der Waals surface area contributed by atoms with Gasteiger partial charge in [-0.1, -0.05) is 6.07 Å². The van der Waals surface area contributed by atoms with E-state index in [-0.39, 0.29) is 16.8 Å². The molecule has 0 saturated heterocycles. The highest BCUT2D eigenvalue weighted by molar-refractivity contribution is 7.81. The molecular formula is C13H18O3S2. The minimum absolute atomic E-state index is 0.0639. The number of thiol groups is 2. The predicted octanol–water partition coefficient (Wildman–Crippen LogP) is 2.52. The van der Waals surface area contributed by atoms with E-state index in [2.05, 4.69) is 25.3 Å². The maximum absolute atomic E-state index is 11.8. The number of phenolic OH excluding ortho intramolecular Hbond substituents is 1. The highest BCUT2D eigenvalue weighted by Gasteiger charge is 2.11. The average Bonchev–Trinajstić information content (AvgIpc) is 2.31. The van der Waals surface area contributed by atoms with Crippen LogP contribution in [0.2, 0.25) is 0 Å². The van der Waals surface area contributed by atoms with Crippen molar-refractivity contribution in [2.24, 2.45) is 0 Å². The van der Waals surface area contributed by atoms with Gasteiger partial charge in [0.2, 0.25) is 0 Å². The van der Waals surface area contributed by atoms with Crippen LogP contribution in [-0.4, -0.2) is 29.0 Å². The van der Waals surface area contributed by atoms with Crippen molar-refractivity contribution < 1.29 is 14.6 Å². The molecule has 0 saturated carbocycles. The first-order valence-corrected chi connectivity index (χ1v) is 6.88. The summed E-state index contributed by atoms with van der Waals surface area (Å²) in [6.45, 7) is 0. The Morgan fingerprint density at radius 3 is 2.83 bits per heavy atom. The van der Waals surface area contributed by atoms with E-state index in [1.165, 1.54) is 13.2 Å². The minimum atomic E-state index is 0.0639. The van der Waals surface area contributed by atoms with Gasteiger partial charge in [-0.15, -0.1) is 0 Å². The summed E-state index contributed by atoms with van der Waals surface area (Å²) < 4.78 is 5.00. The molecule has 18 heavy (non-hydrogen) atoms. The third kappa shape index (κ3) is 4.82. The molecule has 0 aliphatic carbocycles. The molecule has 0 aliphatic rings. The molecule has 0 aliphatic heterocycles. The zero-order valence-corrected chi connectivity index (χ0v) is 12.1. The zero-order valence-electron chi connectivity index (χ0n) is 10.3. The molecule has 0 radical (unpaired) electrons. The van der Waals surface area contributed by atoms with Crippen LogP contribution in [0.15, 0.2) is 18.2 Å². The summed E-state index contributed by atoms with van der Waals surface area (Å²) >= 11 is 8.45. The van der Waals surface area contributed by atoms with Gasteiger partial charge in [-0.2, -0.15) is 25.3 Å². The van der Waals surface area contributed by atoms with Crippen LogP contribution in [0, 0.1) is 0 Å². The Bertz CT molecular complexity index is 407. The number of Topliss-reactive ketones (excluding diaryl/α,β-unsaturated/α-hetero) is 1. The topological polar surface area (TPSA) is 46.5 Å². The number of phenols is 1. The highest BCUT2D eigenvalue weighted by Crippen LogP contribution is 2.26. The molecule has 0 aromatic heterocycles. The summed E-state index contributed by atoms with van der Waals surface area (Å²) in [4.78, 5) is 11.8. The Kier molecular flexibility index (Phi) is 6.43. The molecule has 1 unspecified atom stereocenters. The van der Waals surface area contributed by atoms with Gasteiger partial charge in [0.25, 0.3) is 0 Å². The number of carbonyl (C=O) groups excluding carboxylic acids is 1. The average molecular weight is 286 g/mol. The largest absolute Gasteiger partial charge is 0.504 e. The van der Waals surface area contributed by atoms with Crippen LogP contribution >= 0.6 is 25.3 Å². The van der Waals surface area contributed by atoms with Crippen molar-refractivity contribution in [2.75, 3.05) is 12.9 Å². The molecule has 100 valence electrons. The maximum Gasteiger partial charge on any atom is 0.160 e. The Hall–Kier alpha value is -0.810. The number of benzene rings is 1. The fourth-order valence-corrected chi connectivity index (χ4v) is 2.49. The van der Waals surface area contributed by atoms with E-state index in [1.54, 1.807) is 12.1 Å². The Balaban J connectivity index is 2.59. The van der Waals surface area contributed by atoms with E-state index >= 15 is 0 Å². The molecule has 3 nitrogen and oxygen atoms in total. The summed E-state index contributed by atoms with van der Waals surface area (Å²) in [6.07, 6.45) is 1.59. The van der Waals surface area contributed by atoms with Crippen molar-refractivity contribution in [1.82, 2.24) is 0 Å². The van der Waals surface area contributed by atoms with Crippen LogP contribution in [0.3, 0.4) is 0 Å². The first kappa shape index (κ1) is 15.2. The zero-order chi connectivity index (χ0) is 13.5. The fourth-order valence-electron chi connectivity index (χ4n) is 1.65. The van der Waals surface area contributed by atoms with E-state index in [4.69, 9.17) is 4.74 Å². The Labute approximate surface area is 118 Å². The van der Waals surface area contributed by atoms with Gasteiger partial charge in [-0.3, -0.25) is 4.79 Å². The van der Waals surface area contributed by atoms with Crippen LogP contribution in [0.1, 0.15) is 18.4 Å². The van der Waals surface area contributed by atoms with Crippen LogP contribution in [0.5, 0.6) is 11.5 Å². The molecule has 0 amide bonds. The number of methoxy groups -OCH3 is 1. The summed E-state index contributed by atoms with van der Waals surface area (Å²) in [6, 6.07) is 4.94. The van der Waals surface area contributed by atoms with Crippen molar-refractivity contribution in [3.05, 3.63) is 23.8 Å². The Morgan fingerprint density at radius 1 is 1.50 bits per heavy atom. The van der Waals surface area contributed by atoms with Gasteiger partial charge in [-0.25, -0.2) is 0 Å². The number of aromatic hydroxyl groups is 1. The van der Waals surface area contributed by atoms with Gasteiger partial charge in [0.1, 0.15) is 5.78 Å². The fraction of sp³-hybridized carbons (Fsp3) is 0.462. The number of carbonyl (C=O) groups is 1. The lowest BCUT2D eigenvalue weighted by atomic mass is 10.0. The lowest BCUT2D eigenvalue weighted by molar-refractivity contribution is -0.118. The second-order valence-electron chi connectivity index (χ2n) is 4.09. The molecule has 0 heterocycles. The van der Waals surface area contributed by atoms with Crippen LogP contribution in [-0.2, 0) is 11.2 Å². The Morgan fingerprint density at radius 2 is 2.22 bits per heavy atom. The quantitative estimate of drug-likeness (QED) is 0.675. The molecule has 0 fully saturated rings. The predicted molar refractivity (Wildman–Crippen MR) is 79.2 cm³/mol. The van der Waals surface area contributed by atoms with Crippen LogP contribution in [0.25, 0.3) is 0 Å². The lowest BCUT2D eigenvalue weighted by Crippen LogP contribution is -2.11. The van der Waals surface area contributed by atoms with Gasteiger partial charge in [-0.05, 0) is 29.9 Å². The molecule has 1 aromatic carbocycles. The molecule has 0 bridgehead atoms. The van der Waals surface area contributed by atoms with Crippen molar-refractivity contribution in [2.45, 2.75) is 24.5 Å². The van der Waals surface area contributed by atoms with Crippen molar-refractivity contribution in [3.8, 4) is 11.5 Å². The molecule has 1 N–H and O–H groups in total. The lowest BCUT2D eigenvalue weighted by Gasteiger charge is -2.09. The first-order valence-electron chi connectivity index (χ1n) is 5.73. The van der Waals surface area contributed by atoms with Gasteiger partial charge in [0, 0.05) is 18.1 Å². The van der Waals surface area contributed by atoms with E-state index in [1.807, 2.05) is 0 Å². The number of ketones is 1. The monoisotopic (exact) mass is 286 g/mol. The number of rotatable bonds is 7. The number of hydrogen-bond donors (Lipinski definition) is 3. The summed E-state index contributed by atoms with van der Waals surface area (Å²) in [5.74, 6) is 1.33. The van der Waals surface area contributed by atoms with Gasteiger partial charge >= 0.3 is 0 Å². The summed E-state index contributed by atoms with van der Waals surface area (Å²) in [5.41, 5.74) is 0.834. The maximum atomic E-state index is 11.8. The SMILES string of the molecule is COc1cc(CC(=O)CC(S)CCS)ccc1O. The van der Waals surface area contributed by atoms with E-state index in [0.29, 0.717) is 18.6 Å². The summed E-state index contributed by atoms with van der Waals surface area (Å²) in [7, 11) is 1.48. The van der Waals surface area contributed by atoms with Gasteiger partial charge in [0.15, 0.2) is 11.5 Å². The second kappa shape index (κ2) is 7.59. The molecule has 0 spiro atoms. The van der Waals surface area contributed by atoms with Crippen molar-refractivity contribution in [3.63, 3.8) is 0 Å². The standard InChI is InChI=1S/C13H18O3S2/c1-16-13-7-9(2-3-12(13)15)6-10(14)8-11(18)4-5-17/h2-3,7,11,15,17-18H,4-6,8H2,1H3. The molecule has 5 heteroatoms. The van der Waals surface area contributed by atoms with Gasteiger partial charge < -0.3 is 9.84 Å². The highest BCUT2D eigenvalue weighted by atomic mass is 32.1.